The smallest absolute Gasteiger partial charge is 0.192 e. The van der Waals surface area contributed by atoms with E-state index in [-0.39, 0.29) is 35.1 Å². The number of benzene rings is 2. The summed E-state index contributed by atoms with van der Waals surface area (Å²) in [5.41, 5.74) is -1.25. The number of rotatable bonds is 1. The van der Waals surface area contributed by atoms with E-state index in [0.717, 1.165) is 10.8 Å². The van der Waals surface area contributed by atoms with E-state index >= 15 is 0 Å². The normalized spacial score (nSPS) is 25.8. The molecule has 5 heteroatoms. The molecule has 0 amide bonds. The van der Waals surface area contributed by atoms with Gasteiger partial charge in [-0.05, 0) is 29.8 Å². The third-order valence-electron chi connectivity index (χ3n) is 5.21. The summed E-state index contributed by atoms with van der Waals surface area (Å²) in [6.45, 7) is 1.22. The Kier molecular flexibility index (Phi) is 3.29. The average Bonchev–Trinajstić information content (AvgIpc) is 2.57. The van der Waals surface area contributed by atoms with Crippen LogP contribution in [0, 0.1) is 0 Å². The summed E-state index contributed by atoms with van der Waals surface area (Å²) in [6, 6.07) is 10.7. The minimum Gasteiger partial charge on any atom is -0.388 e. The first-order chi connectivity index (χ1) is 11.8. The summed E-state index contributed by atoms with van der Waals surface area (Å²) >= 11 is 0. The lowest BCUT2D eigenvalue weighted by Crippen LogP contribution is -2.48. The molecule has 0 saturated heterocycles. The highest BCUT2D eigenvalue weighted by Crippen LogP contribution is 2.41. The van der Waals surface area contributed by atoms with Crippen LogP contribution in [0.25, 0.3) is 10.8 Å². The first kappa shape index (κ1) is 15.9. The standard InChI is InChI=1S/C20H16O5/c1-10(21)20(25)8-15-17(16(22)9-20)19(24)14-7-12-5-3-2-4-11(12)6-13(14)18(15)23/h2-7,16,22,25H,8-9H2,1H3/t16-,20-/m1/s1. The topological polar surface area (TPSA) is 91.7 Å². The molecule has 0 aliphatic heterocycles. The Morgan fingerprint density at radius 2 is 1.64 bits per heavy atom. The summed E-state index contributed by atoms with van der Waals surface area (Å²) in [7, 11) is 0. The van der Waals surface area contributed by atoms with E-state index in [1.807, 2.05) is 24.3 Å². The molecule has 0 spiro atoms. The number of carbonyl (C=O) groups is 3. The van der Waals surface area contributed by atoms with E-state index in [0.29, 0.717) is 0 Å². The Morgan fingerprint density at radius 1 is 1.08 bits per heavy atom. The fourth-order valence-corrected chi connectivity index (χ4v) is 3.77. The molecule has 126 valence electrons. The Bertz CT molecular complexity index is 1000. The lowest BCUT2D eigenvalue weighted by molar-refractivity contribution is -0.138. The highest BCUT2D eigenvalue weighted by Gasteiger charge is 2.48. The van der Waals surface area contributed by atoms with Gasteiger partial charge in [0.05, 0.1) is 6.10 Å². The molecule has 2 aliphatic rings. The molecule has 4 rings (SSSR count). The zero-order valence-corrected chi connectivity index (χ0v) is 13.6. The molecule has 2 atom stereocenters. The molecule has 0 aromatic heterocycles. The van der Waals surface area contributed by atoms with Gasteiger partial charge in [0.1, 0.15) is 5.60 Å². The number of Topliss-reactive ketones (excluding diaryl/α,β-unsaturated/α-hetero) is 3. The molecule has 0 fully saturated rings. The van der Waals surface area contributed by atoms with Gasteiger partial charge in [0.2, 0.25) is 0 Å². The Morgan fingerprint density at radius 3 is 2.20 bits per heavy atom. The third kappa shape index (κ3) is 2.20. The lowest BCUT2D eigenvalue weighted by atomic mass is 9.69. The fourth-order valence-electron chi connectivity index (χ4n) is 3.77. The van der Waals surface area contributed by atoms with E-state index < -0.39 is 29.1 Å². The van der Waals surface area contributed by atoms with Gasteiger partial charge in [0.25, 0.3) is 0 Å². The molecule has 0 unspecified atom stereocenters. The monoisotopic (exact) mass is 336 g/mol. The summed E-state index contributed by atoms with van der Waals surface area (Å²) in [6.07, 6.45) is -1.86. The van der Waals surface area contributed by atoms with Gasteiger partial charge in [-0.15, -0.1) is 0 Å². The van der Waals surface area contributed by atoms with E-state index in [9.17, 15) is 24.6 Å². The van der Waals surface area contributed by atoms with E-state index in [1.165, 1.54) is 6.92 Å². The second-order valence-corrected chi connectivity index (χ2v) is 6.78. The number of fused-ring (bicyclic) bond motifs is 2. The molecule has 0 heterocycles. The van der Waals surface area contributed by atoms with Crippen LogP contribution in [0.4, 0.5) is 0 Å². The summed E-state index contributed by atoms with van der Waals surface area (Å²) in [4.78, 5) is 37.6. The maximum atomic E-state index is 13.0. The second-order valence-electron chi connectivity index (χ2n) is 6.78. The van der Waals surface area contributed by atoms with Crippen molar-refractivity contribution in [3.63, 3.8) is 0 Å². The van der Waals surface area contributed by atoms with Gasteiger partial charge in [-0.3, -0.25) is 14.4 Å². The van der Waals surface area contributed by atoms with Crippen LogP contribution < -0.4 is 0 Å². The van der Waals surface area contributed by atoms with Crippen molar-refractivity contribution >= 4 is 28.1 Å². The highest BCUT2D eigenvalue weighted by atomic mass is 16.3. The molecular formula is C20H16O5. The summed E-state index contributed by atoms with van der Waals surface area (Å²) < 4.78 is 0. The molecule has 25 heavy (non-hydrogen) atoms. The van der Waals surface area contributed by atoms with Crippen molar-refractivity contribution in [3.05, 3.63) is 58.7 Å². The Balaban J connectivity index is 1.93. The van der Waals surface area contributed by atoms with Gasteiger partial charge < -0.3 is 10.2 Å². The van der Waals surface area contributed by atoms with Crippen molar-refractivity contribution in [2.75, 3.05) is 0 Å². The van der Waals surface area contributed by atoms with E-state index in [2.05, 4.69) is 0 Å². The number of carbonyl (C=O) groups excluding carboxylic acids is 3. The predicted molar refractivity (Wildman–Crippen MR) is 90.5 cm³/mol. The molecule has 0 bridgehead atoms. The largest absolute Gasteiger partial charge is 0.388 e. The molecule has 2 aromatic rings. The Labute approximate surface area is 143 Å². The Hall–Kier alpha value is -2.63. The highest BCUT2D eigenvalue weighted by molar-refractivity contribution is 6.29. The number of aliphatic hydroxyl groups is 2. The lowest BCUT2D eigenvalue weighted by Gasteiger charge is -2.37. The van der Waals surface area contributed by atoms with Crippen molar-refractivity contribution in [2.45, 2.75) is 31.5 Å². The molecule has 5 nitrogen and oxygen atoms in total. The summed E-state index contributed by atoms with van der Waals surface area (Å²) in [5.74, 6) is -1.34. The second kappa shape index (κ2) is 5.18. The van der Waals surface area contributed by atoms with Gasteiger partial charge in [-0.25, -0.2) is 0 Å². The predicted octanol–water partition coefficient (Wildman–Crippen LogP) is 1.99. The quantitative estimate of drug-likeness (QED) is 0.831. The van der Waals surface area contributed by atoms with Crippen LogP contribution in [0.2, 0.25) is 0 Å². The van der Waals surface area contributed by atoms with Crippen molar-refractivity contribution in [1.82, 2.24) is 0 Å². The van der Waals surface area contributed by atoms with Crippen molar-refractivity contribution in [1.29, 1.82) is 0 Å². The van der Waals surface area contributed by atoms with Crippen LogP contribution >= 0.6 is 0 Å². The van der Waals surface area contributed by atoms with Gasteiger partial charge in [0, 0.05) is 35.1 Å². The number of hydrogen-bond donors (Lipinski definition) is 2. The molecule has 0 saturated carbocycles. The minimum atomic E-state index is -1.82. The molecule has 2 aliphatic carbocycles. The van der Waals surface area contributed by atoms with Gasteiger partial charge in [0.15, 0.2) is 17.3 Å². The molecule has 0 radical (unpaired) electrons. The number of ketones is 3. The van der Waals surface area contributed by atoms with Crippen LogP contribution in [0.1, 0.15) is 40.5 Å². The molecule has 2 N–H and O–H groups in total. The minimum absolute atomic E-state index is 0.0127. The van der Waals surface area contributed by atoms with Gasteiger partial charge in [-0.2, -0.15) is 0 Å². The van der Waals surface area contributed by atoms with E-state index in [4.69, 9.17) is 0 Å². The van der Waals surface area contributed by atoms with Crippen LogP contribution in [0.5, 0.6) is 0 Å². The number of aliphatic hydroxyl groups excluding tert-OH is 1. The van der Waals surface area contributed by atoms with Crippen molar-refractivity contribution in [3.8, 4) is 0 Å². The van der Waals surface area contributed by atoms with Crippen molar-refractivity contribution in [2.24, 2.45) is 0 Å². The fraction of sp³-hybridized carbons (Fsp3) is 0.250. The van der Waals surface area contributed by atoms with Gasteiger partial charge in [-0.1, -0.05) is 24.3 Å². The van der Waals surface area contributed by atoms with E-state index in [1.54, 1.807) is 12.1 Å². The van der Waals surface area contributed by atoms with Crippen LogP contribution in [0.15, 0.2) is 47.5 Å². The third-order valence-corrected chi connectivity index (χ3v) is 5.21. The molecular weight excluding hydrogens is 320 g/mol. The zero-order valence-electron chi connectivity index (χ0n) is 13.6. The van der Waals surface area contributed by atoms with Crippen LogP contribution in [-0.2, 0) is 4.79 Å². The summed E-state index contributed by atoms with van der Waals surface area (Å²) in [5, 5.41) is 22.5. The average molecular weight is 336 g/mol. The maximum absolute atomic E-state index is 13.0. The number of hydrogen-bond acceptors (Lipinski definition) is 5. The van der Waals surface area contributed by atoms with Crippen molar-refractivity contribution < 1.29 is 24.6 Å². The SMILES string of the molecule is CC(=O)[C@@]1(O)CC2=C(C(=O)c3cc4ccccc4cc3C2=O)[C@H](O)C1. The first-order valence-electron chi connectivity index (χ1n) is 8.08. The van der Waals surface area contributed by atoms with Crippen LogP contribution in [-0.4, -0.2) is 39.3 Å². The zero-order chi connectivity index (χ0) is 17.9. The molecule has 2 aromatic carbocycles. The first-order valence-corrected chi connectivity index (χ1v) is 8.08. The van der Waals surface area contributed by atoms with Gasteiger partial charge >= 0.3 is 0 Å². The maximum Gasteiger partial charge on any atom is 0.192 e. The van der Waals surface area contributed by atoms with Crippen LogP contribution in [0.3, 0.4) is 0 Å².